The Balaban J connectivity index is 2.00. The fraction of sp³-hybridized carbons (Fsp3) is 0.389. The highest BCUT2D eigenvalue weighted by atomic mass is 16.5. The number of carbonyl (C=O) groups excluding carboxylic acids is 2. The van der Waals surface area contributed by atoms with Crippen LogP contribution in [0.25, 0.3) is 5.69 Å². The highest BCUT2D eigenvalue weighted by Crippen LogP contribution is 2.18. The van der Waals surface area contributed by atoms with E-state index < -0.39 is 5.97 Å². The van der Waals surface area contributed by atoms with E-state index in [9.17, 15) is 9.59 Å². The Labute approximate surface area is 146 Å². The van der Waals surface area contributed by atoms with E-state index >= 15 is 0 Å². The number of para-hydroxylation sites is 1. The van der Waals surface area contributed by atoms with E-state index in [2.05, 4.69) is 5.10 Å². The van der Waals surface area contributed by atoms with Gasteiger partial charge < -0.3 is 14.4 Å². The molecule has 2 aromatic rings. The molecule has 3 rings (SSSR count). The standard InChI is InChI=1S/C18H21N3O4/c1-12-10-20(11-13(2)25-12)17(22)16-9-15(18(23)24-3)19-21(16)14-7-5-4-6-8-14/h4-9,12-13H,10-11H2,1-3H3/t12-,13-/m1/s1. The predicted octanol–water partition coefficient (Wildman–Crippen LogP) is 1.91. The number of benzene rings is 1. The van der Waals surface area contributed by atoms with Crippen LogP contribution in [0.2, 0.25) is 0 Å². The second kappa shape index (κ2) is 7.06. The molecule has 25 heavy (non-hydrogen) atoms. The van der Waals surface area contributed by atoms with Crippen molar-refractivity contribution in [3.63, 3.8) is 0 Å². The van der Waals surface area contributed by atoms with Gasteiger partial charge in [-0.05, 0) is 26.0 Å². The summed E-state index contributed by atoms with van der Waals surface area (Å²) in [5.41, 5.74) is 1.13. The lowest BCUT2D eigenvalue weighted by Gasteiger charge is -2.35. The number of amides is 1. The Morgan fingerprint density at radius 3 is 2.40 bits per heavy atom. The van der Waals surface area contributed by atoms with Crippen molar-refractivity contribution in [2.24, 2.45) is 0 Å². The molecule has 1 aromatic heterocycles. The lowest BCUT2D eigenvalue weighted by atomic mass is 10.2. The summed E-state index contributed by atoms with van der Waals surface area (Å²) in [4.78, 5) is 26.7. The van der Waals surface area contributed by atoms with Crippen LogP contribution in [0.3, 0.4) is 0 Å². The van der Waals surface area contributed by atoms with Crippen molar-refractivity contribution < 1.29 is 19.1 Å². The third-order valence-corrected chi connectivity index (χ3v) is 4.03. The third kappa shape index (κ3) is 3.56. The van der Waals surface area contributed by atoms with Crippen molar-refractivity contribution in [1.82, 2.24) is 14.7 Å². The van der Waals surface area contributed by atoms with Gasteiger partial charge in [0.25, 0.3) is 5.91 Å². The number of nitrogens with zero attached hydrogens (tertiary/aromatic N) is 3. The zero-order valence-corrected chi connectivity index (χ0v) is 14.5. The molecule has 1 amide bonds. The molecule has 132 valence electrons. The highest BCUT2D eigenvalue weighted by molar-refractivity contribution is 5.96. The van der Waals surface area contributed by atoms with Gasteiger partial charge >= 0.3 is 5.97 Å². The Bertz CT molecular complexity index is 762. The van der Waals surface area contributed by atoms with E-state index in [-0.39, 0.29) is 23.8 Å². The van der Waals surface area contributed by atoms with Crippen LogP contribution in [-0.2, 0) is 9.47 Å². The average Bonchev–Trinajstić information content (AvgIpc) is 3.05. The number of hydrogen-bond acceptors (Lipinski definition) is 5. The first kappa shape index (κ1) is 17.2. The summed E-state index contributed by atoms with van der Waals surface area (Å²) >= 11 is 0. The smallest absolute Gasteiger partial charge is 0.358 e. The van der Waals surface area contributed by atoms with E-state index in [0.29, 0.717) is 24.5 Å². The molecule has 1 aromatic carbocycles. The van der Waals surface area contributed by atoms with Crippen molar-refractivity contribution in [1.29, 1.82) is 0 Å². The van der Waals surface area contributed by atoms with Crippen molar-refractivity contribution in [3.05, 3.63) is 47.8 Å². The maximum atomic E-state index is 13.1. The highest BCUT2D eigenvalue weighted by Gasteiger charge is 2.30. The minimum Gasteiger partial charge on any atom is -0.464 e. The fourth-order valence-electron chi connectivity index (χ4n) is 3.01. The molecule has 1 aliphatic rings. The Kier molecular flexibility index (Phi) is 4.85. The quantitative estimate of drug-likeness (QED) is 0.796. The van der Waals surface area contributed by atoms with Crippen LogP contribution in [-0.4, -0.2) is 59.0 Å². The summed E-state index contributed by atoms with van der Waals surface area (Å²) in [7, 11) is 1.29. The van der Waals surface area contributed by atoms with Crippen LogP contribution in [0.15, 0.2) is 36.4 Å². The van der Waals surface area contributed by atoms with Gasteiger partial charge in [0.05, 0.1) is 25.0 Å². The van der Waals surface area contributed by atoms with E-state index in [0.717, 1.165) is 0 Å². The van der Waals surface area contributed by atoms with Crippen LogP contribution in [0.1, 0.15) is 34.8 Å². The average molecular weight is 343 g/mol. The second-order valence-electron chi connectivity index (χ2n) is 6.12. The maximum Gasteiger partial charge on any atom is 0.358 e. The summed E-state index contributed by atoms with van der Waals surface area (Å²) in [5, 5.41) is 4.27. The summed E-state index contributed by atoms with van der Waals surface area (Å²) in [6, 6.07) is 10.7. The van der Waals surface area contributed by atoms with Gasteiger partial charge in [0.2, 0.25) is 0 Å². The molecule has 2 heterocycles. The summed E-state index contributed by atoms with van der Waals surface area (Å²) in [6.07, 6.45) is -0.0817. The number of hydrogen-bond donors (Lipinski definition) is 0. The van der Waals surface area contributed by atoms with Gasteiger partial charge in [0.1, 0.15) is 5.69 Å². The zero-order valence-electron chi connectivity index (χ0n) is 14.5. The molecule has 0 bridgehead atoms. The predicted molar refractivity (Wildman–Crippen MR) is 90.8 cm³/mol. The molecule has 2 atom stereocenters. The van der Waals surface area contributed by atoms with Crippen LogP contribution >= 0.6 is 0 Å². The van der Waals surface area contributed by atoms with E-state index in [1.54, 1.807) is 4.90 Å². The SMILES string of the molecule is COC(=O)c1cc(C(=O)N2C[C@@H](C)O[C@H](C)C2)n(-c2ccccc2)n1. The first-order valence-electron chi connectivity index (χ1n) is 8.18. The lowest BCUT2D eigenvalue weighted by Crippen LogP contribution is -2.48. The van der Waals surface area contributed by atoms with Crippen LogP contribution in [0, 0.1) is 0 Å². The number of esters is 1. The third-order valence-electron chi connectivity index (χ3n) is 4.03. The van der Waals surface area contributed by atoms with Crippen molar-refractivity contribution in [2.75, 3.05) is 20.2 Å². The molecule has 0 radical (unpaired) electrons. The topological polar surface area (TPSA) is 73.7 Å². The van der Waals surface area contributed by atoms with Crippen LogP contribution in [0.4, 0.5) is 0 Å². The first-order valence-corrected chi connectivity index (χ1v) is 8.18. The van der Waals surface area contributed by atoms with Gasteiger partial charge in [0.15, 0.2) is 5.69 Å². The van der Waals surface area contributed by atoms with Gasteiger partial charge in [-0.3, -0.25) is 4.79 Å². The van der Waals surface area contributed by atoms with E-state index in [1.807, 2.05) is 44.2 Å². The van der Waals surface area contributed by atoms with Crippen molar-refractivity contribution in [3.8, 4) is 5.69 Å². The maximum absolute atomic E-state index is 13.1. The fourth-order valence-corrected chi connectivity index (χ4v) is 3.01. The number of methoxy groups -OCH3 is 1. The molecule has 0 unspecified atom stereocenters. The number of aromatic nitrogens is 2. The van der Waals surface area contributed by atoms with Crippen molar-refractivity contribution in [2.45, 2.75) is 26.1 Å². The minimum atomic E-state index is -0.576. The van der Waals surface area contributed by atoms with E-state index in [4.69, 9.17) is 9.47 Å². The number of carbonyl (C=O) groups is 2. The van der Waals surface area contributed by atoms with Crippen LogP contribution in [0.5, 0.6) is 0 Å². The molecule has 1 saturated heterocycles. The monoisotopic (exact) mass is 343 g/mol. The molecule has 7 nitrogen and oxygen atoms in total. The van der Waals surface area contributed by atoms with Gasteiger partial charge in [-0.2, -0.15) is 5.10 Å². The van der Waals surface area contributed by atoms with Gasteiger partial charge in [-0.25, -0.2) is 9.48 Å². The second-order valence-corrected chi connectivity index (χ2v) is 6.12. The first-order chi connectivity index (χ1) is 12.0. The summed E-state index contributed by atoms with van der Waals surface area (Å²) < 4.78 is 11.9. The lowest BCUT2D eigenvalue weighted by molar-refractivity contribution is -0.0588. The molecular weight excluding hydrogens is 322 g/mol. The molecule has 1 aliphatic heterocycles. The summed E-state index contributed by atoms with van der Waals surface area (Å²) in [6.45, 7) is 4.86. The Morgan fingerprint density at radius 2 is 1.80 bits per heavy atom. The zero-order chi connectivity index (χ0) is 18.0. The van der Waals surface area contributed by atoms with E-state index in [1.165, 1.54) is 17.9 Å². The largest absolute Gasteiger partial charge is 0.464 e. The van der Waals surface area contributed by atoms with Crippen molar-refractivity contribution >= 4 is 11.9 Å². The molecule has 0 aliphatic carbocycles. The summed E-state index contributed by atoms with van der Waals surface area (Å²) in [5.74, 6) is -0.763. The molecular formula is C18H21N3O4. The van der Waals surface area contributed by atoms with Gasteiger partial charge in [-0.1, -0.05) is 18.2 Å². The Hall–Kier alpha value is -2.67. The molecule has 0 saturated carbocycles. The molecule has 1 fully saturated rings. The number of ether oxygens (including phenoxy) is 2. The number of morpholine rings is 1. The van der Waals surface area contributed by atoms with Gasteiger partial charge in [-0.15, -0.1) is 0 Å². The molecule has 0 spiro atoms. The molecule has 7 heteroatoms. The molecule has 0 N–H and O–H groups in total. The number of rotatable bonds is 3. The van der Waals surface area contributed by atoms with Gasteiger partial charge in [0, 0.05) is 19.2 Å². The Morgan fingerprint density at radius 1 is 1.16 bits per heavy atom. The minimum absolute atomic E-state index is 0.0409. The van der Waals surface area contributed by atoms with Crippen LogP contribution < -0.4 is 0 Å². The normalized spacial score (nSPS) is 20.4.